The quantitative estimate of drug-likeness (QED) is 0.252. The van der Waals surface area contributed by atoms with Crippen LogP contribution < -0.4 is 0 Å². The lowest BCUT2D eigenvalue weighted by molar-refractivity contribution is 1.04. The van der Waals surface area contributed by atoms with E-state index >= 15 is 0 Å². The number of benzene rings is 5. The largest absolute Gasteiger partial charge is 0.309 e. The van der Waals surface area contributed by atoms with Gasteiger partial charge in [-0.15, -0.1) is 0 Å². The predicted octanol–water partition coefficient (Wildman–Crippen LogP) is 8.34. The van der Waals surface area contributed by atoms with Gasteiger partial charge >= 0.3 is 0 Å². The van der Waals surface area contributed by atoms with Gasteiger partial charge in [0.05, 0.1) is 40.2 Å². The first-order valence-corrected chi connectivity index (χ1v) is 12.8. The van der Waals surface area contributed by atoms with Crippen LogP contribution in [-0.2, 0) is 0 Å². The van der Waals surface area contributed by atoms with Gasteiger partial charge in [-0.1, -0.05) is 84.9 Å². The number of hydrogen-bond donors (Lipinski definition) is 0. The molecule has 0 saturated heterocycles. The molecule has 0 amide bonds. The Hall–Kier alpha value is -5.22. The molecule has 8 aromatic rings. The maximum atomic E-state index is 4.85. The summed E-state index contributed by atoms with van der Waals surface area (Å²) >= 11 is 0. The summed E-state index contributed by atoms with van der Waals surface area (Å²) in [5.41, 5.74) is 7.69. The minimum Gasteiger partial charge on any atom is -0.309 e. The Labute approximate surface area is 219 Å². The van der Waals surface area contributed by atoms with Crippen molar-refractivity contribution in [1.29, 1.82) is 0 Å². The number of para-hydroxylation sites is 4. The minimum atomic E-state index is 0.813. The smallest absolute Gasteiger partial charge is 0.156 e. The summed E-state index contributed by atoms with van der Waals surface area (Å²) in [6.07, 6.45) is 3.74. The average molecular weight is 487 g/mol. The molecule has 0 aliphatic carbocycles. The van der Waals surface area contributed by atoms with E-state index in [1.54, 1.807) is 0 Å². The zero-order chi connectivity index (χ0) is 25.1. The maximum Gasteiger partial charge on any atom is 0.156 e. The second-order valence-corrected chi connectivity index (χ2v) is 9.55. The Morgan fingerprint density at radius 1 is 0.395 bits per heavy atom. The lowest BCUT2D eigenvalue weighted by Crippen LogP contribution is -1.99. The Morgan fingerprint density at radius 3 is 1.29 bits per heavy atom. The van der Waals surface area contributed by atoms with Crippen LogP contribution in [0.25, 0.3) is 66.4 Å². The van der Waals surface area contributed by atoms with Gasteiger partial charge < -0.3 is 4.57 Å². The molecule has 5 aromatic carbocycles. The molecule has 3 aromatic heterocycles. The lowest BCUT2D eigenvalue weighted by Gasteiger charge is -2.10. The fourth-order valence-corrected chi connectivity index (χ4v) is 5.74. The molecule has 0 aliphatic heterocycles. The first-order chi connectivity index (χ1) is 18.9. The molecule has 0 spiro atoms. The molecule has 0 saturated carbocycles. The summed E-state index contributed by atoms with van der Waals surface area (Å²) in [7, 11) is 0. The number of fused-ring (bicyclic) bond motifs is 6. The summed E-state index contributed by atoms with van der Waals surface area (Å²) in [5, 5.41) is 4.96. The molecule has 3 heterocycles. The molecular weight excluding hydrogens is 464 g/mol. The topological polar surface area (TPSA) is 35.6 Å². The van der Waals surface area contributed by atoms with E-state index in [1.165, 1.54) is 32.6 Å². The summed E-state index contributed by atoms with van der Waals surface area (Å²) in [6, 6.07) is 42.6. The zero-order valence-electron chi connectivity index (χ0n) is 20.5. The molecule has 0 aliphatic rings. The predicted molar refractivity (Wildman–Crippen MR) is 156 cm³/mol. The van der Waals surface area contributed by atoms with E-state index in [9.17, 15) is 0 Å². The number of rotatable bonds is 3. The van der Waals surface area contributed by atoms with Gasteiger partial charge in [0, 0.05) is 32.8 Å². The van der Waals surface area contributed by atoms with Crippen LogP contribution in [0, 0.1) is 0 Å². The van der Waals surface area contributed by atoms with Crippen molar-refractivity contribution in [2.45, 2.75) is 0 Å². The summed E-state index contributed by atoms with van der Waals surface area (Å²) in [4.78, 5) is 9.67. The van der Waals surface area contributed by atoms with E-state index in [2.05, 4.69) is 130 Å². The summed E-state index contributed by atoms with van der Waals surface area (Å²) in [5.74, 6) is 0.813. The van der Waals surface area contributed by atoms with E-state index in [-0.39, 0.29) is 0 Å². The van der Waals surface area contributed by atoms with Crippen LogP contribution in [-0.4, -0.2) is 19.1 Å². The van der Waals surface area contributed by atoms with Crippen LogP contribution in [0.5, 0.6) is 0 Å². The van der Waals surface area contributed by atoms with Crippen molar-refractivity contribution in [3.63, 3.8) is 0 Å². The highest BCUT2D eigenvalue weighted by atomic mass is 15.1. The Balaban J connectivity index is 1.20. The first kappa shape index (κ1) is 20.9. The van der Waals surface area contributed by atoms with E-state index in [0.717, 1.165) is 33.8 Å². The van der Waals surface area contributed by atoms with Gasteiger partial charge in [-0.3, -0.25) is 9.55 Å². The van der Waals surface area contributed by atoms with Crippen LogP contribution in [0.1, 0.15) is 0 Å². The van der Waals surface area contributed by atoms with Gasteiger partial charge in [0.1, 0.15) is 0 Å². The van der Waals surface area contributed by atoms with E-state index in [1.807, 2.05) is 12.4 Å². The third kappa shape index (κ3) is 3.04. The Kier molecular flexibility index (Phi) is 4.49. The second kappa shape index (κ2) is 8.15. The fraction of sp³-hybridized carbons (Fsp3) is 0. The van der Waals surface area contributed by atoms with Crippen molar-refractivity contribution in [3.8, 4) is 22.8 Å². The molecule has 4 heteroatoms. The van der Waals surface area contributed by atoms with Gasteiger partial charge in [-0.05, 0) is 36.4 Å². The normalized spacial score (nSPS) is 11.7. The van der Waals surface area contributed by atoms with E-state index in [4.69, 9.17) is 9.97 Å². The first-order valence-electron chi connectivity index (χ1n) is 12.8. The molecular formula is C34H22N4. The van der Waals surface area contributed by atoms with E-state index in [0.29, 0.717) is 0 Å². The van der Waals surface area contributed by atoms with Crippen molar-refractivity contribution >= 4 is 43.6 Å². The van der Waals surface area contributed by atoms with Crippen molar-refractivity contribution in [1.82, 2.24) is 19.1 Å². The highest BCUT2D eigenvalue weighted by molar-refractivity contribution is 6.10. The second-order valence-electron chi connectivity index (χ2n) is 9.55. The molecule has 0 bridgehead atoms. The van der Waals surface area contributed by atoms with Crippen LogP contribution >= 0.6 is 0 Å². The minimum absolute atomic E-state index is 0.813. The van der Waals surface area contributed by atoms with Gasteiger partial charge in [-0.2, -0.15) is 0 Å². The molecule has 0 radical (unpaired) electrons. The molecule has 0 fully saturated rings. The zero-order valence-corrected chi connectivity index (χ0v) is 20.5. The highest BCUT2D eigenvalue weighted by Gasteiger charge is 2.14. The van der Waals surface area contributed by atoms with Crippen LogP contribution in [0.15, 0.2) is 134 Å². The molecule has 0 N–H and O–H groups in total. The maximum absolute atomic E-state index is 4.85. The fourth-order valence-electron chi connectivity index (χ4n) is 5.74. The third-order valence-electron chi connectivity index (χ3n) is 7.45. The summed E-state index contributed by atoms with van der Waals surface area (Å²) < 4.78 is 4.51. The lowest BCUT2D eigenvalue weighted by atomic mass is 10.1. The molecule has 0 unspecified atom stereocenters. The molecule has 4 nitrogen and oxygen atoms in total. The molecule has 0 atom stereocenters. The third-order valence-corrected chi connectivity index (χ3v) is 7.45. The van der Waals surface area contributed by atoms with Crippen LogP contribution in [0.3, 0.4) is 0 Å². The van der Waals surface area contributed by atoms with Crippen molar-refractivity contribution in [2.75, 3.05) is 0 Å². The standard InChI is InChI=1S/C34H22N4/c1-5-13-30-25(9-1)26-10-2-6-14-31(26)37(30)24-19-17-23(18-20-24)29-21-36-34(22-35-29)38-32-15-7-3-11-27(32)28-12-4-8-16-33(28)38/h1-22H. The molecule has 178 valence electrons. The van der Waals surface area contributed by atoms with Crippen molar-refractivity contribution in [3.05, 3.63) is 134 Å². The van der Waals surface area contributed by atoms with Crippen molar-refractivity contribution < 1.29 is 0 Å². The number of aromatic nitrogens is 4. The van der Waals surface area contributed by atoms with Gasteiger partial charge in [0.25, 0.3) is 0 Å². The van der Waals surface area contributed by atoms with Gasteiger partial charge in [0.15, 0.2) is 5.82 Å². The highest BCUT2D eigenvalue weighted by Crippen LogP contribution is 2.33. The number of hydrogen-bond acceptors (Lipinski definition) is 2. The van der Waals surface area contributed by atoms with Gasteiger partial charge in [-0.25, -0.2) is 4.98 Å². The van der Waals surface area contributed by atoms with Gasteiger partial charge in [0.2, 0.25) is 0 Å². The van der Waals surface area contributed by atoms with Crippen LogP contribution in [0.2, 0.25) is 0 Å². The van der Waals surface area contributed by atoms with Crippen LogP contribution in [0.4, 0.5) is 0 Å². The monoisotopic (exact) mass is 486 g/mol. The number of nitrogens with zero attached hydrogens (tertiary/aromatic N) is 4. The Morgan fingerprint density at radius 2 is 0.842 bits per heavy atom. The summed E-state index contributed by atoms with van der Waals surface area (Å²) in [6.45, 7) is 0. The average Bonchev–Trinajstić information content (AvgIpc) is 3.51. The molecule has 38 heavy (non-hydrogen) atoms. The van der Waals surface area contributed by atoms with E-state index < -0.39 is 0 Å². The Bertz CT molecular complexity index is 1850. The van der Waals surface area contributed by atoms with Crippen molar-refractivity contribution in [2.24, 2.45) is 0 Å². The molecule has 8 rings (SSSR count). The SMILES string of the molecule is c1ccc2c(c1)c1ccccc1n2-c1ccc(-c2cnc(-n3c4ccccc4c4ccccc43)cn2)cc1.